The topological polar surface area (TPSA) is 27.7 Å². The Morgan fingerprint density at radius 1 is 1.21 bits per heavy atom. The number of ether oxygens (including phenoxy) is 1. The van der Waals surface area contributed by atoms with Gasteiger partial charge in [-0.25, -0.2) is 0 Å². The van der Waals surface area contributed by atoms with Crippen LogP contribution < -0.4 is 4.78 Å². The number of thiophene rings is 1. The third kappa shape index (κ3) is 2.27. The molecule has 3 heterocycles. The highest BCUT2D eigenvalue weighted by atomic mass is 32.1. The molecule has 1 aromatic heterocycles. The van der Waals surface area contributed by atoms with Crippen LogP contribution in [0.15, 0.2) is 11.4 Å². The lowest BCUT2D eigenvalue weighted by atomic mass is 9.81. The monoisotopic (exact) mass is 280 g/mol. The summed E-state index contributed by atoms with van der Waals surface area (Å²) in [6.45, 7) is 10.1. The van der Waals surface area contributed by atoms with Gasteiger partial charge >= 0.3 is 7.12 Å². The van der Waals surface area contributed by atoms with Gasteiger partial charge in [0.2, 0.25) is 0 Å². The maximum Gasteiger partial charge on any atom is 0.505 e. The van der Waals surface area contributed by atoms with E-state index in [1.807, 2.05) is 0 Å². The molecule has 1 unspecified atom stereocenters. The maximum absolute atomic E-state index is 6.16. The van der Waals surface area contributed by atoms with Gasteiger partial charge in [-0.2, -0.15) is 11.3 Å². The summed E-state index contributed by atoms with van der Waals surface area (Å²) < 4.78 is 19.0. The molecule has 104 valence electrons. The Balaban J connectivity index is 1.86. The molecule has 5 heteroatoms. The van der Waals surface area contributed by atoms with E-state index in [1.165, 1.54) is 10.3 Å². The van der Waals surface area contributed by atoms with Crippen molar-refractivity contribution in [1.82, 2.24) is 0 Å². The van der Waals surface area contributed by atoms with E-state index in [4.69, 9.17) is 14.0 Å². The molecule has 19 heavy (non-hydrogen) atoms. The molecule has 0 N–H and O–H groups in total. The summed E-state index contributed by atoms with van der Waals surface area (Å²) in [5.41, 5.74) is 0.803. The van der Waals surface area contributed by atoms with Crippen molar-refractivity contribution in [3.63, 3.8) is 0 Å². The molecule has 2 saturated heterocycles. The second-order valence-corrected chi connectivity index (χ2v) is 7.34. The minimum absolute atomic E-state index is 0.236. The minimum atomic E-state index is -0.273. The molecular weight excluding hydrogens is 259 g/mol. The molecule has 0 amide bonds. The van der Waals surface area contributed by atoms with Gasteiger partial charge in [-0.3, -0.25) is 0 Å². The predicted molar refractivity (Wildman–Crippen MR) is 78.2 cm³/mol. The van der Waals surface area contributed by atoms with E-state index in [1.54, 1.807) is 11.3 Å². The fourth-order valence-electron chi connectivity index (χ4n) is 2.59. The van der Waals surface area contributed by atoms with Crippen molar-refractivity contribution in [2.24, 2.45) is 0 Å². The van der Waals surface area contributed by atoms with Crippen LogP contribution in [0.25, 0.3) is 0 Å². The van der Waals surface area contributed by atoms with E-state index in [0.717, 1.165) is 19.6 Å². The van der Waals surface area contributed by atoms with Crippen molar-refractivity contribution in [2.75, 3.05) is 13.2 Å². The average Bonchev–Trinajstić information content (AvgIpc) is 3.00. The van der Waals surface area contributed by atoms with Crippen LogP contribution in [0.4, 0.5) is 0 Å². The molecule has 0 bridgehead atoms. The van der Waals surface area contributed by atoms with Crippen molar-refractivity contribution in [2.45, 2.75) is 51.2 Å². The van der Waals surface area contributed by atoms with Crippen LogP contribution in [0.5, 0.6) is 0 Å². The van der Waals surface area contributed by atoms with Crippen LogP contribution >= 0.6 is 11.3 Å². The standard InChI is InChI=1S/C14H21BO3S/c1-13(2)14(3,4)18-15(17-13)12-11(6-8-19-12)10-5-7-16-9-10/h6,8,10H,5,7,9H2,1-4H3. The first-order valence-corrected chi connectivity index (χ1v) is 7.79. The molecule has 0 spiro atoms. The van der Waals surface area contributed by atoms with Crippen LogP contribution in [-0.4, -0.2) is 31.5 Å². The third-order valence-corrected chi connectivity index (χ3v) is 5.52. The lowest BCUT2D eigenvalue weighted by Crippen LogP contribution is -2.41. The Morgan fingerprint density at radius 3 is 2.47 bits per heavy atom. The molecule has 3 nitrogen and oxygen atoms in total. The van der Waals surface area contributed by atoms with Gasteiger partial charge in [0.05, 0.1) is 17.8 Å². The predicted octanol–water partition coefficient (Wildman–Crippen LogP) is 2.55. The Morgan fingerprint density at radius 2 is 1.89 bits per heavy atom. The molecule has 3 rings (SSSR count). The highest BCUT2D eigenvalue weighted by Gasteiger charge is 2.52. The first-order valence-electron chi connectivity index (χ1n) is 6.91. The number of hydrogen-bond acceptors (Lipinski definition) is 4. The summed E-state index contributed by atoms with van der Waals surface area (Å²) in [6.07, 6.45) is 1.10. The van der Waals surface area contributed by atoms with Gasteiger partial charge in [0.15, 0.2) is 0 Å². The summed E-state index contributed by atoms with van der Waals surface area (Å²) in [4.78, 5) is 0. The molecule has 0 aliphatic carbocycles. The zero-order chi connectivity index (χ0) is 13.7. The molecule has 2 fully saturated rings. The third-order valence-electron chi connectivity index (χ3n) is 4.56. The van der Waals surface area contributed by atoms with E-state index in [2.05, 4.69) is 39.1 Å². The second-order valence-electron chi connectivity index (χ2n) is 6.39. The lowest BCUT2D eigenvalue weighted by molar-refractivity contribution is 0.00578. The lowest BCUT2D eigenvalue weighted by Gasteiger charge is -2.32. The van der Waals surface area contributed by atoms with Gasteiger partial charge in [0.25, 0.3) is 0 Å². The van der Waals surface area contributed by atoms with Crippen molar-refractivity contribution < 1.29 is 14.0 Å². The smallest absolute Gasteiger partial charge is 0.399 e. The van der Waals surface area contributed by atoms with Crippen LogP contribution in [0.1, 0.15) is 45.6 Å². The molecule has 2 aliphatic rings. The van der Waals surface area contributed by atoms with Crippen molar-refractivity contribution in [3.05, 3.63) is 17.0 Å². The zero-order valence-corrected chi connectivity index (χ0v) is 12.9. The molecule has 0 saturated carbocycles. The van der Waals surface area contributed by atoms with Gasteiger partial charge in [-0.1, -0.05) is 0 Å². The summed E-state index contributed by atoms with van der Waals surface area (Å²) in [7, 11) is -0.236. The van der Waals surface area contributed by atoms with Gasteiger partial charge in [-0.15, -0.1) is 0 Å². The van der Waals surface area contributed by atoms with E-state index in [0.29, 0.717) is 5.92 Å². The highest BCUT2D eigenvalue weighted by molar-refractivity contribution is 7.21. The number of hydrogen-bond donors (Lipinski definition) is 0. The van der Waals surface area contributed by atoms with Crippen molar-refractivity contribution in [1.29, 1.82) is 0 Å². The van der Waals surface area contributed by atoms with Gasteiger partial charge in [0, 0.05) is 17.3 Å². The Kier molecular flexibility index (Phi) is 3.29. The fourth-order valence-corrected chi connectivity index (χ4v) is 3.53. The first kappa shape index (κ1) is 13.6. The molecule has 2 aliphatic heterocycles. The average molecular weight is 280 g/mol. The highest BCUT2D eigenvalue weighted by Crippen LogP contribution is 2.38. The Hall–Kier alpha value is -0.355. The number of rotatable bonds is 2. The molecule has 0 aromatic carbocycles. The normalized spacial score (nSPS) is 29.1. The molecule has 1 aromatic rings. The SMILES string of the molecule is CC1(C)OB(c2sccc2C2CCOC2)OC1(C)C. The summed E-state index contributed by atoms with van der Waals surface area (Å²) in [6, 6.07) is 2.20. The van der Waals surface area contributed by atoms with E-state index < -0.39 is 0 Å². The molecular formula is C14H21BO3S. The van der Waals surface area contributed by atoms with Crippen LogP contribution in [-0.2, 0) is 14.0 Å². The van der Waals surface area contributed by atoms with Crippen molar-refractivity contribution >= 4 is 23.2 Å². The second kappa shape index (κ2) is 4.59. The van der Waals surface area contributed by atoms with Crippen LogP contribution in [0, 0.1) is 0 Å². The van der Waals surface area contributed by atoms with E-state index in [-0.39, 0.29) is 18.3 Å². The van der Waals surface area contributed by atoms with Crippen molar-refractivity contribution in [3.8, 4) is 0 Å². The van der Waals surface area contributed by atoms with Gasteiger partial charge in [-0.05, 0) is 51.1 Å². The van der Waals surface area contributed by atoms with Crippen LogP contribution in [0.3, 0.4) is 0 Å². The maximum atomic E-state index is 6.16. The summed E-state index contributed by atoms with van der Waals surface area (Å²) >= 11 is 1.73. The fraction of sp³-hybridized carbons (Fsp3) is 0.714. The minimum Gasteiger partial charge on any atom is -0.399 e. The summed E-state index contributed by atoms with van der Waals surface area (Å²) in [5, 5.41) is 2.13. The molecule has 0 radical (unpaired) electrons. The Bertz CT molecular complexity index is 447. The molecule has 1 atom stereocenters. The van der Waals surface area contributed by atoms with Crippen LogP contribution in [0.2, 0.25) is 0 Å². The zero-order valence-electron chi connectivity index (χ0n) is 12.1. The quantitative estimate of drug-likeness (QED) is 0.779. The first-order chi connectivity index (χ1) is 8.91. The van der Waals surface area contributed by atoms with E-state index in [9.17, 15) is 0 Å². The van der Waals surface area contributed by atoms with Gasteiger partial charge < -0.3 is 14.0 Å². The Labute approximate surface area is 119 Å². The van der Waals surface area contributed by atoms with Gasteiger partial charge in [0.1, 0.15) is 0 Å². The largest absolute Gasteiger partial charge is 0.505 e. The summed E-state index contributed by atoms with van der Waals surface area (Å²) in [5.74, 6) is 0.500. The van der Waals surface area contributed by atoms with E-state index >= 15 is 0 Å².